The van der Waals surface area contributed by atoms with Crippen LogP contribution in [0.1, 0.15) is 57.4 Å². The second-order valence-electron chi connectivity index (χ2n) is 7.95. The predicted molar refractivity (Wildman–Crippen MR) is 106 cm³/mol. The number of rotatable bonds is 8. The lowest BCUT2D eigenvalue weighted by molar-refractivity contribution is -0.142. The van der Waals surface area contributed by atoms with Crippen molar-refractivity contribution in [1.82, 2.24) is 10.2 Å². The number of amides is 2. The van der Waals surface area contributed by atoms with Crippen LogP contribution in [-0.4, -0.2) is 43.0 Å². The van der Waals surface area contributed by atoms with Crippen LogP contribution in [0.25, 0.3) is 0 Å². The zero-order chi connectivity index (χ0) is 19.3. The van der Waals surface area contributed by atoms with Gasteiger partial charge in [-0.25, -0.2) is 0 Å². The van der Waals surface area contributed by atoms with Gasteiger partial charge in [-0.3, -0.25) is 9.59 Å². The van der Waals surface area contributed by atoms with E-state index in [1.807, 2.05) is 24.3 Å². The maximum absolute atomic E-state index is 12.5. The number of aryl methyl sites for hydroxylation is 1. The van der Waals surface area contributed by atoms with Crippen molar-refractivity contribution in [3.8, 4) is 5.75 Å². The van der Waals surface area contributed by atoms with E-state index in [9.17, 15) is 9.59 Å². The molecule has 1 heterocycles. The molecule has 0 spiro atoms. The molecule has 1 saturated carbocycles. The molecule has 1 N–H and O–H groups in total. The van der Waals surface area contributed by atoms with Crippen LogP contribution >= 0.6 is 0 Å². The molecule has 0 aromatic heterocycles. The first-order valence-corrected chi connectivity index (χ1v) is 10.3. The molecule has 3 rings (SSSR count). The molecular formula is C22H32N2O3. The van der Waals surface area contributed by atoms with Crippen LogP contribution in [0.4, 0.5) is 0 Å². The quantitative estimate of drug-likeness (QED) is 0.762. The summed E-state index contributed by atoms with van der Waals surface area (Å²) in [5, 5.41) is 3.18. The molecule has 148 valence electrons. The van der Waals surface area contributed by atoms with E-state index in [1.54, 1.807) is 7.11 Å². The van der Waals surface area contributed by atoms with Gasteiger partial charge in [0.1, 0.15) is 5.75 Å². The number of methoxy groups -OCH3 is 1. The lowest BCUT2D eigenvalue weighted by atomic mass is 9.74. The number of nitrogens with zero attached hydrogens (tertiary/aromatic N) is 1. The standard InChI is InChI=1S/C22H32N2O3/c1-3-15-24-19-9-6-13-22(19,14-12-21(24)26)16-23-20(25)11-10-17-7-4-5-8-18(17)27-2/h4-5,7-8,19H,3,6,9-16H2,1-2H3,(H,23,25)/t19-,22+/m1/s1. The van der Waals surface area contributed by atoms with E-state index in [0.29, 0.717) is 37.8 Å². The van der Waals surface area contributed by atoms with Gasteiger partial charge in [0.15, 0.2) is 0 Å². The molecule has 0 unspecified atom stereocenters. The monoisotopic (exact) mass is 372 g/mol. The molecule has 2 fully saturated rings. The van der Waals surface area contributed by atoms with Gasteiger partial charge < -0.3 is 15.0 Å². The van der Waals surface area contributed by atoms with Crippen LogP contribution in [0.15, 0.2) is 24.3 Å². The van der Waals surface area contributed by atoms with Crippen molar-refractivity contribution >= 4 is 11.8 Å². The minimum atomic E-state index is 0.0726. The number of hydrogen-bond acceptors (Lipinski definition) is 3. The largest absolute Gasteiger partial charge is 0.496 e. The summed E-state index contributed by atoms with van der Waals surface area (Å²) in [5.41, 5.74) is 1.13. The Balaban J connectivity index is 1.56. The van der Waals surface area contributed by atoms with Crippen LogP contribution < -0.4 is 10.1 Å². The lowest BCUT2D eigenvalue weighted by Gasteiger charge is -2.46. The van der Waals surface area contributed by atoms with Crippen molar-refractivity contribution in [3.05, 3.63) is 29.8 Å². The van der Waals surface area contributed by atoms with Crippen LogP contribution in [0.2, 0.25) is 0 Å². The third-order valence-corrected chi connectivity index (χ3v) is 6.31. The number of nitrogens with one attached hydrogen (secondary N) is 1. The summed E-state index contributed by atoms with van der Waals surface area (Å²) < 4.78 is 5.36. The Hall–Kier alpha value is -2.04. The van der Waals surface area contributed by atoms with E-state index in [2.05, 4.69) is 17.1 Å². The number of likely N-dealkylation sites (tertiary alicyclic amines) is 1. The van der Waals surface area contributed by atoms with Gasteiger partial charge in [-0.05, 0) is 43.7 Å². The van der Waals surface area contributed by atoms with E-state index in [4.69, 9.17) is 4.74 Å². The number of ether oxygens (including phenoxy) is 1. The molecule has 1 aromatic carbocycles. The molecule has 2 aliphatic rings. The number of carbonyl (C=O) groups is 2. The molecule has 1 aromatic rings. The van der Waals surface area contributed by atoms with Gasteiger partial charge in [-0.2, -0.15) is 0 Å². The molecular weight excluding hydrogens is 340 g/mol. The Morgan fingerprint density at radius 3 is 2.93 bits per heavy atom. The van der Waals surface area contributed by atoms with Gasteiger partial charge in [0, 0.05) is 37.4 Å². The lowest BCUT2D eigenvalue weighted by Crippen LogP contribution is -2.56. The van der Waals surface area contributed by atoms with E-state index in [0.717, 1.165) is 50.0 Å². The first-order chi connectivity index (χ1) is 13.1. The Kier molecular flexibility index (Phi) is 6.40. The highest BCUT2D eigenvalue weighted by Crippen LogP contribution is 2.47. The highest BCUT2D eigenvalue weighted by Gasteiger charge is 2.49. The Labute approximate surface area is 162 Å². The normalized spacial score (nSPS) is 24.6. The maximum Gasteiger partial charge on any atom is 0.222 e. The zero-order valence-corrected chi connectivity index (χ0v) is 16.6. The number of carbonyl (C=O) groups excluding carboxylic acids is 2. The smallest absolute Gasteiger partial charge is 0.222 e. The van der Waals surface area contributed by atoms with Gasteiger partial charge >= 0.3 is 0 Å². The molecule has 2 amide bonds. The van der Waals surface area contributed by atoms with Crippen LogP contribution in [0, 0.1) is 5.41 Å². The Bertz CT molecular complexity index is 675. The summed E-state index contributed by atoms with van der Waals surface area (Å²) in [4.78, 5) is 26.9. The molecule has 5 nitrogen and oxygen atoms in total. The molecule has 27 heavy (non-hydrogen) atoms. The average Bonchev–Trinajstić information content (AvgIpc) is 3.12. The number of hydrogen-bond donors (Lipinski definition) is 1. The van der Waals surface area contributed by atoms with Crippen molar-refractivity contribution < 1.29 is 14.3 Å². The summed E-state index contributed by atoms with van der Waals surface area (Å²) >= 11 is 0. The third kappa shape index (κ3) is 4.28. The number of piperidine rings is 1. The van der Waals surface area contributed by atoms with Gasteiger partial charge in [0.05, 0.1) is 7.11 Å². The van der Waals surface area contributed by atoms with Crippen LogP contribution in [0.5, 0.6) is 5.75 Å². The first-order valence-electron chi connectivity index (χ1n) is 10.3. The maximum atomic E-state index is 12.5. The van der Waals surface area contributed by atoms with Gasteiger partial charge in [-0.15, -0.1) is 0 Å². The average molecular weight is 373 g/mol. The van der Waals surface area contributed by atoms with Crippen molar-refractivity contribution in [3.63, 3.8) is 0 Å². The molecule has 1 aliphatic carbocycles. The van der Waals surface area contributed by atoms with Gasteiger partial charge in [0.25, 0.3) is 0 Å². The second kappa shape index (κ2) is 8.77. The molecule has 0 radical (unpaired) electrons. The zero-order valence-electron chi connectivity index (χ0n) is 16.6. The van der Waals surface area contributed by atoms with E-state index < -0.39 is 0 Å². The molecule has 0 bridgehead atoms. The fraction of sp³-hybridized carbons (Fsp3) is 0.636. The first kappa shape index (κ1) is 19.7. The van der Waals surface area contributed by atoms with Crippen molar-refractivity contribution in [2.45, 2.75) is 64.3 Å². The SMILES string of the molecule is CCCN1C(=O)CC[C@]2(CNC(=O)CCc3ccccc3OC)CCC[C@@H]12. The van der Waals surface area contributed by atoms with E-state index in [1.165, 1.54) is 0 Å². The Morgan fingerprint density at radius 2 is 2.15 bits per heavy atom. The highest BCUT2D eigenvalue weighted by atomic mass is 16.5. The number of benzene rings is 1. The fourth-order valence-electron chi connectivity index (χ4n) is 4.91. The van der Waals surface area contributed by atoms with Gasteiger partial charge in [-0.1, -0.05) is 31.5 Å². The summed E-state index contributed by atoms with van der Waals surface area (Å²) in [6.45, 7) is 3.65. The van der Waals surface area contributed by atoms with E-state index >= 15 is 0 Å². The second-order valence-corrected chi connectivity index (χ2v) is 7.95. The molecule has 1 saturated heterocycles. The molecule has 5 heteroatoms. The van der Waals surface area contributed by atoms with Crippen LogP contribution in [0.3, 0.4) is 0 Å². The number of fused-ring (bicyclic) bond motifs is 1. The predicted octanol–water partition coefficient (Wildman–Crippen LogP) is 3.32. The minimum Gasteiger partial charge on any atom is -0.496 e. The van der Waals surface area contributed by atoms with Crippen molar-refractivity contribution in [2.24, 2.45) is 5.41 Å². The summed E-state index contributed by atoms with van der Waals surface area (Å²) in [5.74, 6) is 1.21. The van der Waals surface area contributed by atoms with Crippen LogP contribution in [-0.2, 0) is 16.0 Å². The van der Waals surface area contributed by atoms with Crippen molar-refractivity contribution in [2.75, 3.05) is 20.2 Å². The summed E-state index contributed by atoms with van der Waals surface area (Å²) in [6.07, 6.45) is 6.97. The minimum absolute atomic E-state index is 0.0726. The Morgan fingerprint density at radius 1 is 1.33 bits per heavy atom. The highest BCUT2D eigenvalue weighted by molar-refractivity contribution is 5.78. The van der Waals surface area contributed by atoms with Gasteiger partial charge in [0.2, 0.25) is 11.8 Å². The third-order valence-electron chi connectivity index (χ3n) is 6.31. The number of para-hydroxylation sites is 1. The topological polar surface area (TPSA) is 58.6 Å². The summed E-state index contributed by atoms with van der Waals surface area (Å²) in [6, 6.07) is 8.14. The molecule has 1 aliphatic heterocycles. The van der Waals surface area contributed by atoms with Crippen molar-refractivity contribution in [1.29, 1.82) is 0 Å². The molecule has 2 atom stereocenters. The fourth-order valence-corrected chi connectivity index (χ4v) is 4.91. The summed E-state index contributed by atoms with van der Waals surface area (Å²) in [7, 11) is 1.66. The van der Waals surface area contributed by atoms with E-state index in [-0.39, 0.29) is 11.3 Å².